The normalized spacial score (nSPS) is 10.6. The van der Waals surface area contributed by atoms with Crippen molar-refractivity contribution in [3.63, 3.8) is 0 Å². The van der Waals surface area contributed by atoms with Crippen molar-refractivity contribution < 1.29 is 36.8 Å². The Hall–Kier alpha value is -2.97. The number of anilines is 1. The molecule has 0 bridgehead atoms. The fourth-order valence-corrected chi connectivity index (χ4v) is 3.34. The monoisotopic (exact) mass is 583 g/mol. The van der Waals surface area contributed by atoms with E-state index in [0.717, 1.165) is 0 Å². The largest absolute Gasteiger partial charge is 0.462 e. The van der Waals surface area contributed by atoms with Crippen LogP contribution in [0, 0.1) is 37.0 Å². The summed E-state index contributed by atoms with van der Waals surface area (Å²) in [7, 11) is 0. The van der Waals surface area contributed by atoms with Gasteiger partial charge in [0.05, 0.1) is 15.1 Å². The van der Waals surface area contributed by atoms with Crippen LogP contribution in [0.15, 0.2) is 24.3 Å². The molecule has 0 aliphatic rings. The number of nitrogens with zero attached hydrogens (tertiary/aromatic N) is 1. The van der Waals surface area contributed by atoms with Crippen molar-refractivity contribution in [2.75, 3.05) is 18.5 Å². The molecule has 2 aromatic rings. The Morgan fingerprint density at radius 2 is 1.55 bits per heavy atom. The van der Waals surface area contributed by atoms with E-state index in [9.17, 15) is 37.3 Å². The average molecular weight is 583 g/mol. The number of amides is 2. The van der Waals surface area contributed by atoms with Crippen molar-refractivity contribution >= 4 is 46.0 Å². The third-order valence-electron chi connectivity index (χ3n) is 4.34. The van der Waals surface area contributed by atoms with Crippen LogP contribution in [0.25, 0.3) is 0 Å². The molecule has 2 N–H and O–H groups in total. The van der Waals surface area contributed by atoms with Gasteiger partial charge in [-0.1, -0.05) is 6.42 Å². The number of rotatable bonds is 10. The van der Waals surface area contributed by atoms with Crippen LogP contribution < -0.4 is 10.6 Å². The Morgan fingerprint density at radius 1 is 0.939 bits per heavy atom. The highest BCUT2D eigenvalue weighted by atomic mass is 127. The van der Waals surface area contributed by atoms with E-state index in [4.69, 9.17) is 4.74 Å². The van der Waals surface area contributed by atoms with Gasteiger partial charge in [0.2, 0.25) is 0 Å². The molecule has 2 rings (SSSR count). The number of esters is 1. The molecule has 33 heavy (non-hydrogen) atoms. The second kappa shape index (κ2) is 12.3. The number of ether oxygens (including phenoxy) is 1. The lowest BCUT2D eigenvalue weighted by Crippen LogP contribution is -2.29. The van der Waals surface area contributed by atoms with Gasteiger partial charge in [0.15, 0.2) is 23.3 Å². The van der Waals surface area contributed by atoms with E-state index in [1.54, 1.807) is 0 Å². The van der Waals surface area contributed by atoms with Crippen LogP contribution >= 0.6 is 22.6 Å². The number of nitro benzene ring substituents is 1. The van der Waals surface area contributed by atoms with E-state index in [-0.39, 0.29) is 12.3 Å². The number of non-ortho nitro benzene ring substituents is 1. The zero-order valence-corrected chi connectivity index (χ0v) is 19.1. The molecule has 0 aromatic heterocycles. The van der Waals surface area contributed by atoms with Crippen LogP contribution in [0.4, 0.5) is 33.7 Å². The molecule has 0 saturated carbocycles. The minimum atomic E-state index is -2.08. The maximum Gasteiger partial charge on any atom is 0.342 e. The quantitative estimate of drug-likeness (QED) is 0.0577. The molecule has 0 radical (unpaired) electrons. The molecule has 0 atom stereocenters. The zero-order chi connectivity index (χ0) is 24.5. The van der Waals surface area contributed by atoms with Gasteiger partial charge in [-0.15, -0.1) is 0 Å². The minimum Gasteiger partial charge on any atom is -0.462 e. The SMILES string of the molecule is O=C(NCCCCCCOC(=O)c1c(F)c(F)c(F)c(F)c1I)Nc1ccc([N+](=O)[O-])cc1. The van der Waals surface area contributed by atoms with Gasteiger partial charge in [-0.2, -0.15) is 0 Å². The van der Waals surface area contributed by atoms with Gasteiger partial charge in [-0.25, -0.2) is 27.2 Å². The number of hydrogen-bond acceptors (Lipinski definition) is 5. The Morgan fingerprint density at radius 3 is 2.18 bits per heavy atom. The molecule has 13 heteroatoms. The van der Waals surface area contributed by atoms with E-state index in [0.29, 0.717) is 37.9 Å². The number of nitro groups is 1. The summed E-state index contributed by atoms with van der Waals surface area (Å²) in [5, 5.41) is 15.7. The molecule has 0 fully saturated rings. The van der Waals surface area contributed by atoms with Gasteiger partial charge in [0.1, 0.15) is 5.56 Å². The third kappa shape index (κ3) is 7.27. The zero-order valence-electron chi connectivity index (χ0n) is 16.9. The predicted molar refractivity (Wildman–Crippen MR) is 118 cm³/mol. The second-order valence-corrected chi connectivity index (χ2v) is 7.76. The van der Waals surface area contributed by atoms with E-state index in [1.807, 2.05) is 0 Å². The molecule has 0 saturated heterocycles. The lowest BCUT2D eigenvalue weighted by Gasteiger charge is -2.10. The summed E-state index contributed by atoms with van der Waals surface area (Å²) < 4.78 is 57.9. The summed E-state index contributed by atoms with van der Waals surface area (Å²) in [6, 6.07) is 4.86. The fraction of sp³-hybridized carbons (Fsp3) is 0.300. The molecular weight excluding hydrogens is 565 g/mol. The van der Waals surface area contributed by atoms with Gasteiger partial charge in [-0.05, 0) is 54.0 Å². The van der Waals surface area contributed by atoms with E-state index in [2.05, 4.69) is 10.6 Å². The van der Waals surface area contributed by atoms with Crippen molar-refractivity contribution in [2.24, 2.45) is 0 Å². The highest BCUT2D eigenvalue weighted by Gasteiger charge is 2.28. The van der Waals surface area contributed by atoms with Crippen LogP contribution in [-0.2, 0) is 4.74 Å². The number of urea groups is 1. The predicted octanol–water partition coefficient (Wildman–Crippen LogP) is 5.29. The average Bonchev–Trinajstić information content (AvgIpc) is 2.78. The number of unbranched alkanes of at least 4 members (excludes halogenated alkanes) is 3. The summed E-state index contributed by atoms with van der Waals surface area (Å²) in [5.74, 6) is -8.83. The number of halogens is 5. The Labute approximate surface area is 199 Å². The summed E-state index contributed by atoms with van der Waals surface area (Å²) in [4.78, 5) is 33.7. The van der Waals surface area contributed by atoms with Gasteiger partial charge in [0, 0.05) is 24.4 Å². The third-order valence-corrected chi connectivity index (χ3v) is 5.35. The topological polar surface area (TPSA) is 111 Å². The van der Waals surface area contributed by atoms with Gasteiger partial charge >= 0.3 is 12.0 Å². The molecule has 0 heterocycles. The van der Waals surface area contributed by atoms with Crippen LogP contribution in [-0.4, -0.2) is 30.1 Å². The molecule has 0 spiro atoms. The lowest BCUT2D eigenvalue weighted by molar-refractivity contribution is -0.384. The van der Waals surface area contributed by atoms with Crippen molar-refractivity contribution in [2.45, 2.75) is 25.7 Å². The molecule has 2 aromatic carbocycles. The maximum atomic E-state index is 13.8. The summed E-state index contributed by atoms with van der Waals surface area (Å²) in [5.41, 5.74) is -0.689. The molecule has 178 valence electrons. The lowest BCUT2D eigenvalue weighted by atomic mass is 10.2. The first-order valence-electron chi connectivity index (χ1n) is 9.61. The minimum absolute atomic E-state index is 0.0940. The van der Waals surface area contributed by atoms with Gasteiger partial charge < -0.3 is 15.4 Å². The first-order valence-corrected chi connectivity index (χ1v) is 10.7. The van der Waals surface area contributed by atoms with E-state index < -0.39 is 49.3 Å². The molecule has 2 amide bonds. The molecule has 0 unspecified atom stereocenters. The van der Waals surface area contributed by atoms with Gasteiger partial charge in [0.25, 0.3) is 5.69 Å². The van der Waals surface area contributed by atoms with Gasteiger partial charge in [-0.3, -0.25) is 10.1 Å². The first-order chi connectivity index (χ1) is 15.6. The second-order valence-electron chi connectivity index (χ2n) is 6.68. The number of hydrogen-bond donors (Lipinski definition) is 2. The van der Waals surface area contributed by atoms with Crippen molar-refractivity contribution in [3.8, 4) is 0 Å². The van der Waals surface area contributed by atoms with Crippen LogP contribution in [0.1, 0.15) is 36.0 Å². The van der Waals surface area contributed by atoms with Crippen molar-refractivity contribution in [1.82, 2.24) is 5.32 Å². The standard InChI is InChI=1S/C20H18F4IN3O5/c21-14-13(18(25)17(24)16(23)15(14)22)19(29)33-10-4-2-1-3-9-26-20(30)27-11-5-7-12(8-6-11)28(31)32/h5-8H,1-4,9-10H2,(H2,26,27,30). The number of benzene rings is 2. The molecule has 0 aliphatic carbocycles. The van der Waals surface area contributed by atoms with Crippen LogP contribution in [0.3, 0.4) is 0 Å². The Bertz CT molecular complexity index is 1010. The smallest absolute Gasteiger partial charge is 0.342 e. The highest BCUT2D eigenvalue weighted by molar-refractivity contribution is 14.1. The number of carbonyl (C=O) groups is 2. The van der Waals surface area contributed by atoms with Crippen molar-refractivity contribution in [1.29, 1.82) is 0 Å². The fourth-order valence-electron chi connectivity index (χ4n) is 2.65. The molecule has 0 aliphatic heterocycles. The van der Waals surface area contributed by atoms with E-state index in [1.165, 1.54) is 46.9 Å². The maximum absolute atomic E-state index is 13.8. The van der Waals surface area contributed by atoms with Crippen LogP contribution in [0.2, 0.25) is 0 Å². The molecular formula is C20H18F4IN3O5. The highest BCUT2D eigenvalue weighted by Crippen LogP contribution is 2.26. The summed E-state index contributed by atoms with van der Waals surface area (Å²) in [6.07, 6.45) is 2.22. The van der Waals surface area contributed by atoms with Crippen LogP contribution in [0.5, 0.6) is 0 Å². The van der Waals surface area contributed by atoms with E-state index >= 15 is 0 Å². The first kappa shape index (κ1) is 26.3. The number of carbonyl (C=O) groups excluding carboxylic acids is 2. The number of nitrogens with one attached hydrogen (secondary N) is 2. The Kier molecular flexibility index (Phi) is 9.81. The Balaban J connectivity index is 1.63. The summed E-state index contributed by atoms with van der Waals surface area (Å²) in [6.45, 7) is 0.208. The molecule has 8 nitrogen and oxygen atoms in total. The summed E-state index contributed by atoms with van der Waals surface area (Å²) >= 11 is 1.20. The van der Waals surface area contributed by atoms with Crippen molar-refractivity contribution in [3.05, 3.63) is 66.8 Å².